The smallest absolute Gasteiger partial charge is 0.225 e. The number of amides is 1. The Balaban J connectivity index is 2.69. The number of ether oxygens (including phenoxy) is 1. The molecule has 1 aromatic carbocycles. The van der Waals surface area contributed by atoms with E-state index in [0.29, 0.717) is 6.61 Å². The lowest BCUT2D eigenvalue weighted by Gasteiger charge is -2.19. The van der Waals surface area contributed by atoms with Gasteiger partial charge < -0.3 is 10.1 Å². The highest BCUT2D eigenvalue weighted by atomic mass is 32.2. The van der Waals surface area contributed by atoms with Crippen LogP contribution in [0.5, 0.6) is 0 Å². The van der Waals surface area contributed by atoms with E-state index in [1.807, 2.05) is 32.0 Å². The Labute approximate surface area is 138 Å². The van der Waals surface area contributed by atoms with E-state index in [1.54, 1.807) is 0 Å². The number of para-hydroxylation sites is 1. The van der Waals surface area contributed by atoms with Crippen molar-refractivity contribution in [3.63, 3.8) is 0 Å². The molecule has 1 aromatic rings. The summed E-state index contributed by atoms with van der Waals surface area (Å²) >= 11 is 0. The molecule has 0 fully saturated rings. The molecule has 1 amide bonds. The molecule has 1 N–H and O–H groups in total. The average Bonchev–Trinajstić information content (AvgIpc) is 2.48. The van der Waals surface area contributed by atoms with Gasteiger partial charge in [0.2, 0.25) is 15.9 Å². The molecule has 0 aromatic heterocycles. The summed E-state index contributed by atoms with van der Waals surface area (Å²) in [7, 11) is -1.84. The molecule has 0 heterocycles. The van der Waals surface area contributed by atoms with Crippen LogP contribution in [-0.2, 0) is 26.0 Å². The number of aryl methyl sites for hydroxylation is 2. The number of carbonyl (C=O) groups is 1. The van der Waals surface area contributed by atoms with Crippen molar-refractivity contribution in [1.29, 1.82) is 0 Å². The Morgan fingerprint density at radius 2 is 2.00 bits per heavy atom. The summed E-state index contributed by atoms with van der Waals surface area (Å²) in [6.07, 6.45) is 2.06. The number of hydrogen-bond donors (Lipinski definition) is 1. The van der Waals surface area contributed by atoms with Crippen LogP contribution in [0.3, 0.4) is 0 Å². The lowest BCUT2D eigenvalue weighted by atomic mass is 10.1. The Kier molecular flexibility index (Phi) is 7.67. The van der Waals surface area contributed by atoms with Gasteiger partial charge in [-0.05, 0) is 24.5 Å². The zero-order chi connectivity index (χ0) is 17.5. The molecule has 1 rings (SSSR count). The van der Waals surface area contributed by atoms with Crippen LogP contribution in [0.15, 0.2) is 18.2 Å². The molecule has 0 spiro atoms. The lowest BCUT2D eigenvalue weighted by Crippen LogP contribution is -2.35. The van der Waals surface area contributed by atoms with Crippen LogP contribution < -0.4 is 5.32 Å². The molecular weight excluding hydrogens is 316 g/mol. The first-order chi connectivity index (χ1) is 10.8. The summed E-state index contributed by atoms with van der Waals surface area (Å²) in [6, 6.07) is 5.88. The molecule has 0 radical (unpaired) electrons. The third kappa shape index (κ3) is 6.29. The van der Waals surface area contributed by atoms with E-state index in [9.17, 15) is 13.2 Å². The van der Waals surface area contributed by atoms with Crippen molar-refractivity contribution in [2.24, 2.45) is 0 Å². The van der Waals surface area contributed by atoms with Crippen molar-refractivity contribution in [1.82, 2.24) is 4.31 Å². The van der Waals surface area contributed by atoms with Crippen molar-refractivity contribution in [3.8, 4) is 0 Å². The van der Waals surface area contributed by atoms with Crippen molar-refractivity contribution in [3.05, 3.63) is 29.3 Å². The van der Waals surface area contributed by atoms with Gasteiger partial charge >= 0.3 is 0 Å². The number of carbonyl (C=O) groups excluding carboxylic acids is 1. The number of benzene rings is 1. The molecule has 0 bridgehead atoms. The lowest BCUT2D eigenvalue weighted by molar-refractivity contribution is -0.116. The number of methoxy groups -OCH3 is 1. The largest absolute Gasteiger partial charge is 0.383 e. The topological polar surface area (TPSA) is 75.7 Å². The van der Waals surface area contributed by atoms with Gasteiger partial charge in [0.1, 0.15) is 0 Å². The van der Waals surface area contributed by atoms with Gasteiger partial charge in [0, 0.05) is 32.3 Å². The molecule has 0 aliphatic heterocycles. The maximum atomic E-state index is 12.2. The first-order valence-electron chi connectivity index (χ1n) is 7.62. The van der Waals surface area contributed by atoms with E-state index >= 15 is 0 Å². The summed E-state index contributed by atoms with van der Waals surface area (Å²) in [5.41, 5.74) is 2.89. The molecule has 0 aliphatic carbocycles. The van der Waals surface area contributed by atoms with Gasteiger partial charge in [-0.25, -0.2) is 8.42 Å². The van der Waals surface area contributed by atoms with E-state index in [1.165, 1.54) is 11.4 Å². The Morgan fingerprint density at radius 3 is 2.57 bits per heavy atom. The molecule has 7 heteroatoms. The van der Waals surface area contributed by atoms with E-state index in [4.69, 9.17) is 4.74 Å². The zero-order valence-electron chi connectivity index (χ0n) is 14.3. The minimum atomic E-state index is -3.35. The van der Waals surface area contributed by atoms with Crippen LogP contribution in [-0.4, -0.2) is 51.7 Å². The number of sulfonamides is 1. The highest BCUT2D eigenvalue weighted by Gasteiger charge is 2.18. The standard InChI is InChI=1S/C16H26N2O4S/c1-5-14-8-6-7-13(2)16(14)17-15(19)9-10-18(11-12-22-3)23(4,20)21/h6-8H,5,9-12H2,1-4H3,(H,17,19). The van der Waals surface area contributed by atoms with Crippen LogP contribution >= 0.6 is 0 Å². The summed E-state index contributed by atoms with van der Waals surface area (Å²) in [5.74, 6) is -0.194. The Bertz CT molecular complexity index is 629. The normalized spacial score (nSPS) is 11.7. The number of nitrogens with one attached hydrogen (secondary N) is 1. The third-order valence-electron chi connectivity index (χ3n) is 3.61. The second-order valence-electron chi connectivity index (χ2n) is 5.42. The molecular formula is C16H26N2O4S. The van der Waals surface area contributed by atoms with Gasteiger partial charge in [-0.2, -0.15) is 4.31 Å². The first kappa shape index (κ1) is 19.6. The van der Waals surface area contributed by atoms with Crippen LogP contribution in [0.25, 0.3) is 0 Å². The van der Waals surface area contributed by atoms with E-state index in [0.717, 1.165) is 29.5 Å². The second-order valence-corrected chi connectivity index (χ2v) is 7.40. The minimum Gasteiger partial charge on any atom is -0.383 e. The predicted octanol–water partition coefficient (Wildman–Crippen LogP) is 1.79. The minimum absolute atomic E-state index is 0.105. The highest BCUT2D eigenvalue weighted by Crippen LogP contribution is 2.21. The number of rotatable bonds is 9. The van der Waals surface area contributed by atoms with Crippen molar-refractivity contribution < 1.29 is 17.9 Å². The summed E-state index contributed by atoms with van der Waals surface area (Å²) < 4.78 is 29.6. The Morgan fingerprint density at radius 1 is 1.30 bits per heavy atom. The SMILES string of the molecule is CCc1cccc(C)c1NC(=O)CCN(CCOC)S(C)(=O)=O. The molecule has 0 saturated heterocycles. The van der Waals surface area contributed by atoms with E-state index < -0.39 is 10.0 Å². The van der Waals surface area contributed by atoms with E-state index in [2.05, 4.69) is 5.32 Å². The second kappa shape index (κ2) is 9.00. The molecule has 23 heavy (non-hydrogen) atoms. The van der Waals surface area contributed by atoms with Crippen LogP contribution in [0.2, 0.25) is 0 Å². The summed E-state index contributed by atoms with van der Waals surface area (Å²) in [4.78, 5) is 12.2. The van der Waals surface area contributed by atoms with Gasteiger partial charge in [-0.3, -0.25) is 4.79 Å². The summed E-state index contributed by atoms with van der Waals surface area (Å²) in [6.45, 7) is 4.65. The number of hydrogen-bond acceptors (Lipinski definition) is 4. The van der Waals surface area contributed by atoms with E-state index in [-0.39, 0.29) is 25.4 Å². The fourth-order valence-corrected chi connectivity index (χ4v) is 3.10. The van der Waals surface area contributed by atoms with Gasteiger partial charge in [-0.15, -0.1) is 0 Å². The van der Waals surface area contributed by atoms with Crippen molar-refractivity contribution >= 4 is 21.6 Å². The molecule has 0 atom stereocenters. The zero-order valence-corrected chi connectivity index (χ0v) is 15.1. The van der Waals surface area contributed by atoms with Gasteiger partial charge in [0.05, 0.1) is 12.9 Å². The molecule has 6 nitrogen and oxygen atoms in total. The maximum Gasteiger partial charge on any atom is 0.225 e. The third-order valence-corrected chi connectivity index (χ3v) is 4.91. The average molecular weight is 342 g/mol. The first-order valence-corrected chi connectivity index (χ1v) is 9.46. The predicted molar refractivity (Wildman–Crippen MR) is 92.1 cm³/mol. The van der Waals surface area contributed by atoms with Crippen molar-refractivity contribution in [2.75, 3.05) is 38.4 Å². The van der Waals surface area contributed by atoms with Crippen LogP contribution in [0.1, 0.15) is 24.5 Å². The van der Waals surface area contributed by atoms with Crippen LogP contribution in [0, 0.1) is 6.92 Å². The molecule has 0 unspecified atom stereocenters. The van der Waals surface area contributed by atoms with Gasteiger partial charge in [-0.1, -0.05) is 25.1 Å². The fraction of sp³-hybridized carbons (Fsp3) is 0.562. The number of anilines is 1. The monoisotopic (exact) mass is 342 g/mol. The van der Waals surface area contributed by atoms with Gasteiger partial charge in [0.15, 0.2) is 0 Å². The Hall–Kier alpha value is -1.44. The van der Waals surface area contributed by atoms with Crippen LogP contribution in [0.4, 0.5) is 5.69 Å². The maximum absolute atomic E-state index is 12.2. The molecule has 130 valence electrons. The van der Waals surface area contributed by atoms with Crippen molar-refractivity contribution in [2.45, 2.75) is 26.7 Å². The fourth-order valence-electron chi connectivity index (χ4n) is 2.27. The number of nitrogens with zero attached hydrogens (tertiary/aromatic N) is 1. The highest BCUT2D eigenvalue weighted by molar-refractivity contribution is 7.88. The quantitative estimate of drug-likeness (QED) is 0.742. The summed E-state index contributed by atoms with van der Waals surface area (Å²) in [5, 5.41) is 2.90. The van der Waals surface area contributed by atoms with Gasteiger partial charge in [0.25, 0.3) is 0 Å². The molecule has 0 saturated carbocycles. The molecule has 0 aliphatic rings.